The number of carbonyl (C=O) groups excluding carboxylic acids is 2. The predicted octanol–water partition coefficient (Wildman–Crippen LogP) is 4.22. The highest BCUT2D eigenvalue weighted by Gasteiger charge is 2.27. The first kappa shape index (κ1) is 23.2. The van der Waals surface area contributed by atoms with E-state index in [4.69, 9.17) is 9.47 Å². The van der Waals surface area contributed by atoms with E-state index in [-0.39, 0.29) is 18.5 Å². The van der Waals surface area contributed by atoms with Crippen molar-refractivity contribution in [1.82, 2.24) is 4.90 Å². The Labute approximate surface area is 164 Å². The predicted molar refractivity (Wildman–Crippen MR) is 108 cm³/mol. The number of hydrogen-bond acceptors (Lipinski definition) is 4. The van der Waals surface area contributed by atoms with Crippen LogP contribution in [0.2, 0.25) is 0 Å². The normalized spacial score (nSPS) is 11.8. The van der Waals surface area contributed by atoms with Crippen LogP contribution in [0.3, 0.4) is 0 Å². The third kappa shape index (κ3) is 7.33. The Bertz CT molecular complexity index is 650. The van der Waals surface area contributed by atoms with E-state index in [1.807, 2.05) is 26.0 Å². The van der Waals surface area contributed by atoms with E-state index in [0.29, 0.717) is 11.5 Å². The molecular weight excluding hydrogens is 342 g/mol. The van der Waals surface area contributed by atoms with Crippen molar-refractivity contribution in [2.45, 2.75) is 73.1 Å². The third-order valence-electron chi connectivity index (χ3n) is 4.39. The van der Waals surface area contributed by atoms with Crippen LogP contribution in [0.25, 0.3) is 0 Å². The minimum absolute atomic E-state index is 0.112. The number of methoxy groups -OCH3 is 1. The zero-order valence-electron chi connectivity index (χ0n) is 18.1. The van der Waals surface area contributed by atoms with Gasteiger partial charge >= 0.3 is 5.97 Å². The summed E-state index contributed by atoms with van der Waals surface area (Å²) in [5.41, 5.74) is 2.90. The zero-order chi connectivity index (χ0) is 20.8. The number of carbonyl (C=O) groups is 2. The smallest absolute Gasteiger partial charge is 0.328 e. The fourth-order valence-corrected chi connectivity index (χ4v) is 2.82. The summed E-state index contributed by atoms with van der Waals surface area (Å²) in [4.78, 5) is 27.0. The molecule has 0 atom stereocenters. The van der Waals surface area contributed by atoms with E-state index < -0.39 is 11.8 Å². The van der Waals surface area contributed by atoms with E-state index in [0.717, 1.165) is 24.0 Å². The molecule has 0 spiro atoms. The maximum absolute atomic E-state index is 13.2. The Balaban J connectivity index is 3.08. The van der Waals surface area contributed by atoms with Gasteiger partial charge in [-0.05, 0) is 55.9 Å². The van der Waals surface area contributed by atoms with Gasteiger partial charge in [0.25, 0.3) is 5.91 Å². The molecule has 1 rings (SSSR count). The third-order valence-corrected chi connectivity index (χ3v) is 4.39. The summed E-state index contributed by atoms with van der Waals surface area (Å²) in [7, 11) is 1.48. The SMILES string of the molecule is CCc1cc(CC(C)C)cc(C(=O)N(CC(=O)OC(C)(C)OC)C(C)C)c1. The Morgan fingerprint density at radius 2 is 1.67 bits per heavy atom. The van der Waals surface area contributed by atoms with Crippen LogP contribution in [0.15, 0.2) is 18.2 Å². The Hall–Kier alpha value is -1.88. The van der Waals surface area contributed by atoms with Crippen molar-refractivity contribution in [1.29, 1.82) is 0 Å². The second kappa shape index (κ2) is 9.88. The molecule has 0 aliphatic heterocycles. The van der Waals surface area contributed by atoms with E-state index in [9.17, 15) is 9.59 Å². The monoisotopic (exact) mass is 377 g/mol. The molecule has 27 heavy (non-hydrogen) atoms. The minimum Gasteiger partial charge on any atom is -0.432 e. The summed E-state index contributed by atoms with van der Waals surface area (Å²) in [5.74, 6) is -1.15. The molecule has 0 heterocycles. The van der Waals surface area contributed by atoms with Gasteiger partial charge in [0.05, 0.1) is 0 Å². The number of esters is 1. The highest BCUT2D eigenvalue weighted by molar-refractivity contribution is 5.96. The van der Waals surface area contributed by atoms with Gasteiger partial charge in [-0.15, -0.1) is 0 Å². The first-order chi connectivity index (χ1) is 12.5. The molecule has 0 fully saturated rings. The van der Waals surface area contributed by atoms with Crippen LogP contribution in [0.1, 0.15) is 70.0 Å². The van der Waals surface area contributed by atoms with Crippen molar-refractivity contribution < 1.29 is 19.1 Å². The van der Waals surface area contributed by atoms with Crippen molar-refractivity contribution in [3.05, 3.63) is 34.9 Å². The van der Waals surface area contributed by atoms with Crippen molar-refractivity contribution in [2.24, 2.45) is 5.92 Å². The number of rotatable bonds is 9. The average molecular weight is 378 g/mol. The summed E-state index contributed by atoms with van der Waals surface area (Å²) in [6, 6.07) is 5.90. The average Bonchev–Trinajstić information content (AvgIpc) is 2.57. The Morgan fingerprint density at radius 1 is 1.07 bits per heavy atom. The molecule has 1 aromatic carbocycles. The lowest BCUT2D eigenvalue weighted by atomic mass is 9.97. The van der Waals surface area contributed by atoms with Crippen LogP contribution in [0.4, 0.5) is 0 Å². The molecule has 5 heteroatoms. The molecular formula is C22H35NO4. The van der Waals surface area contributed by atoms with Crippen LogP contribution in [-0.4, -0.2) is 42.3 Å². The first-order valence-corrected chi connectivity index (χ1v) is 9.69. The topological polar surface area (TPSA) is 55.8 Å². The van der Waals surface area contributed by atoms with Gasteiger partial charge in [0, 0.05) is 32.6 Å². The second-order valence-electron chi connectivity index (χ2n) is 8.09. The number of hydrogen-bond donors (Lipinski definition) is 0. The van der Waals surface area contributed by atoms with Gasteiger partial charge in [-0.3, -0.25) is 9.59 Å². The largest absolute Gasteiger partial charge is 0.432 e. The van der Waals surface area contributed by atoms with Crippen LogP contribution in [-0.2, 0) is 27.1 Å². The Kier molecular flexibility index (Phi) is 8.48. The molecule has 0 N–H and O–H groups in total. The molecule has 0 aliphatic carbocycles. The number of nitrogens with zero attached hydrogens (tertiary/aromatic N) is 1. The number of aryl methyl sites for hydroxylation is 1. The van der Waals surface area contributed by atoms with Gasteiger partial charge in [-0.25, -0.2) is 0 Å². The molecule has 5 nitrogen and oxygen atoms in total. The molecule has 0 unspecified atom stereocenters. The van der Waals surface area contributed by atoms with Gasteiger partial charge in [-0.2, -0.15) is 0 Å². The lowest BCUT2D eigenvalue weighted by Gasteiger charge is -2.29. The van der Waals surface area contributed by atoms with Crippen molar-refractivity contribution in [3.8, 4) is 0 Å². The second-order valence-corrected chi connectivity index (χ2v) is 8.09. The molecule has 0 saturated carbocycles. The van der Waals surface area contributed by atoms with Gasteiger partial charge in [0.15, 0.2) is 0 Å². The molecule has 0 aliphatic rings. The fourth-order valence-electron chi connectivity index (χ4n) is 2.82. The lowest BCUT2D eigenvalue weighted by molar-refractivity contribution is -0.206. The number of benzene rings is 1. The molecule has 152 valence electrons. The summed E-state index contributed by atoms with van der Waals surface area (Å²) >= 11 is 0. The van der Waals surface area contributed by atoms with E-state index >= 15 is 0 Å². The molecule has 0 aromatic heterocycles. The van der Waals surface area contributed by atoms with Gasteiger partial charge < -0.3 is 14.4 Å². The molecule has 0 saturated heterocycles. The maximum atomic E-state index is 13.2. The highest BCUT2D eigenvalue weighted by Crippen LogP contribution is 2.18. The van der Waals surface area contributed by atoms with Gasteiger partial charge in [0.1, 0.15) is 6.54 Å². The minimum atomic E-state index is -1.02. The lowest BCUT2D eigenvalue weighted by Crippen LogP contribution is -2.43. The summed E-state index contributed by atoms with van der Waals surface area (Å²) in [6.07, 6.45) is 1.78. The molecule has 0 radical (unpaired) electrons. The molecule has 0 bridgehead atoms. The standard InChI is InChI=1S/C22H35NO4/c1-9-17-11-18(10-15(2)3)13-19(12-17)21(25)23(16(4)5)14-20(24)27-22(6,7)26-8/h11-13,15-16H,9-10,14H2,1-8H3. The van der Waals surface area contributed by atoms with Crippen LogP contribution >= 0.6 is 0 Å². The van der Waals surface area contributed by atoms with E-state index in [1.165, 1.54) is 7.11 Å². The number of amides is 1. The van der Waals surface area contributed by atoms with Crippen molar-refractivity contribution in [3.63, 3.8) is 0 Å². The van der Waals surface area contributed by atoms with Crippen LogP contribution in [0, 0.1) is 5.92 Å². The van der Waals surface area contributed by atoms with Crippen molar-refractivity contribution in [2.75, 3.05) is 13.7 Å². The van der Waals surface area contributed by atoms with Crippen LogP contribution < -0.4 is 0 Å². The van der Waals surface area contributed by atoms with E-state index in [1.54, 1.807) is 18.7 Å². The Morgan fingerprint density at radius 3 is 2.15 bits per heavy atom. The quantitative estimate of drug-likeness (QED) is 0.477. The summed E-state index contributed by atoms with van der Waals surface area (Å²) < 4.78 is 10.5. The highest BCUT2D eigenvalue weighted by atomic mass is 16.7. The summed E-state index contributed by atoms with van der Waals surface area (Å²) in [6.45, 7) is 13.4. The van der Waals surface area contributed by atoms with E-state index in [2.05, 4.69) is 26.8 Å². The van der Waals surface area contributed by atoms with Gasteiger partial charge in [-0.1, -0.05) is 26.8 Å². The maximum Gasteiger partial charge on any atom is 0.328 e. The molecule has 1 aromatic rings. The fraction of sp³-hybridized carbons (Fsp3) is 0.636. The van der Waals surface area contributed by atoms with Crippen molar-refractivity contribution >= 4 is 11.9 Å². The molecule has 1 amide bonds. The van der Waals surface area contributed by atoms with Crippen LogP contribution in [0.5, 0.6) is 0 Å². The zero-order valence-corrected chi connectivity index (χ0v) is 18.1. The first-order valence-electron chi connectivity index (χ1n) is 9.69. The summed E-state index contributed by atoms with van der Waals surface area (Å²) in [5, 5.41) is 0. The van der Waals surface area contributed by atoms with Gasteiger partial charge in [0.2, 0.25) is 5.79 Å². The number of ether oxygens (including phenoxy) is 2.